The van der Waals surface area contributed by atoms with Crippen molar-refractivity contribution in [2.24, 2.45) is 0 Å². The molecule has 0 heterocycles. The molecule has 3 nitrogen and oxygen atoms in total. The minimum absolute atomic E-state index is 0.0264. The first kappa shape index (κ1) is 15.1. The van der Waals surface area contributed by atoms with Gasteiger partial charge in [-0.3, -0.25) is 0 Å². The number of hydrogen-bond donors (Lipinski definition) is 2. The zero-order valence-corrected chi connectivity index (χ0v) is 13.0. The summed E-state index contributed by atoms with van der Waals surface area (Å²) < 4.78 is 0. The number of carbonyl (C=O) groups excluding carboxylic acids is 1. The number of hydrogen-bond acceptors (Lipinski definition) is 1. The van der Waals surface area contributed by atoms with Crippen LogP contribution in [0.3, 0.4) is 0 Å². The Kier molecular flexibility index (Phi) is 4.32. The molecule has 0 bridgehead atoms. The van der Waals surface area contributed by atoms with Crippen molar-refractivity contribution >= 4 is 17.4 Å². The van der Waals surface area contributed by atoms with Gasteiger partial charge in [-0.2, -0.15) is 0 Å². The molecule has 21 heavy (non-hydrogen) atoms. The Morgan fingerprint density at radius 3 is 2.19 bits per heavy atom. The van der Waals surface area contributed by atoms with Crippen LogP contribution >= 0.6 is 0 Å². The van der Waals surface area contributed by atoms with Crippen LogP contribution in [0.4, 0.5) is 16.2 Å². The second kappa shape index (κ2) is 6.00. The maximum atomic E-state index is 12.2. The number of aryl methyl sites for hydroxylation is 1. The van der Waals surface area contributed by atoms with Gasteiger partial charge in [0.05, 0.1) is 0 Å². The smallest absolute Gasteiger partial charge is 0.308 e. The summed E-state index contributed by atoms with van der Waals surface area (Å²) in [7, 11) is 0. The van der Waals surface area contributed by atoms with Crippen LogP contribution in [0.25, 0.3) is 0 Å². The highest BCUT2D eigenvalue weighted by Crippen LogP contribution is 2.31. The highest BCUT2D eigenvalue weighted by atomic mass is 16.2. The van der Waals surface area contributed by atoms with Crippen LogP contribution in [-0.2, 0) is 5.41 Å². The Balaban J connectivity index is 2.21. The zero-order valence-electron chi connectivity index (χ0n) is 13.0. The molecule has 3 heteroatoms. The van der Waals surface area contributed by atoms with E-state index < -0.39 is 0 Å². The van der Waals surface area contributed by atoms with Crippen LogP contribution in [-0.4, -0.2) is 6.03 Å². The molecule has 2 amide bonds. The summed E-state index contributed by atoms with van der Waals surface area (Å²) in [5.41, 5.74) is 3.83. The van der Waals surface area contributed by atoms with E-state index in [1.807, 2.05) is 49.4 Å². The Morgan fingerprint density at radius 1 is 0.905 bits per heavy atom. The third-order valence-electron chi connectivity index (χ3n) is 3.35. The van der Waals surface area contributed by atoms with Gasteiger partial charge in [-0.1, -0.05) is 57.2 Å². The van der Waals surface area contributed by atoms with Crippen LogP contribution in [0.5, 0.6) is 0 Å². The lowest BCUT2D eigenvalue weighted by Crippen LogP contribution is -2.23. The molecule has 0 spiro atoms. The van der Waals surface area contributed by atoms with E-state index in [9.17, 15) is 4.79 Å². The Bertz CT molecular complexity index is 627. The summed E-state index contributed by atoms with van der Waals surface area (Å²) in [5.74, 6) is 0. The van der Waals surface area contributed by atoms with Crippen molar-refractivity contribution in [3.63, 3.8) is 0 Å². The molecule has 2 aromatic carbocycles. The van der Waals surface area contributed by atoms with E-state index in [1.165, 1.54) is 0 Å². The van der Waals surface area contributed by atoms with Gasteiger partial charge in [-0.25, -0.2) is 4.79 Å². The number of para-hydroxylation sites is 2. The first-order valence-corrected chi connectivity index (χ1v) is 7.11. The molecular weight excluding hydrogens is 260 g/mol. The molecule has 0 atom stereocenters. The fourth-order valence-electron chi connectivity index (χ4n) is 2.26. The standard InChI is InChI=1S/C18H22N2O/c1-13-9-8-12-15(18(2,3)4)16(13)20-17(21)19-14-10-6-5-7-11-14/h5-12H,1-4H3,(H2,19,20,21). The van der Waals surface area contributed by atoms with Crippen LogP contribution in [0.2, 0.25) is 0 Å². The van der Waals surface area contributed by atoms with Gasteiger partial charge in [0.2, 0.25) is 0 Å². The van der Waals surface area contributed by atoms with Gasteiger partial charge in [0, 0.05) is 11.4 Å². The summed E-state index contributed by atoms with van der Waals surface area (Å²) in [6.07, 6.45) is 0. The molecule has 0 unspecified atom stereocenters. The number of carbonyl (C=O) groups is 1. The SMILES string of the molecule is Cc1cccc(C(C)(C)C)c1NC(=O)Nc1ccccc1. The molecule has 0 aliphatic carbocycles. The van der Waals surface area contributed by atoms with Crippen LogP contribution in [0, 0.1) is 6.92 Å². The van der Waals surface area contributed by atoms with Gasteiger partial charge in [-0.15, -0.1) is 0 Å². The number of benzene rings is 2. The fraction of sp³-hybridized carbons (Fsp3) is 0.278. The van der Waals surface area contributed by atoms with E-state index in [2.05, 4.69) is 37.5 Å². The Hall–Kier alpha value is -2.29. The number of rotatable bonds is 2. The van der Waals surface area contributed by atoms with E-state index >= 15 is 0 Å². The van der Waals surface area contributed by atoms with Gasteiger partial charge < -0.3 is 10.6 Å². The quantitative estimate of drug-likeness (QED) is 0.805. The third kappa shape index (κ3) is 3.85. The van der Waals surface area contributed by atoms with Crippen LogP contribution < -0.4 is 10.6 Å². The van der Waals surface area contributed by atoms with E-state index in [1.54, 1.807) is 0 Å². The van der Waals surface area contributed by atoms with Crippen molar-refractivity contribution < 1.29 is 4.79 Å². The summed E-state index contributed by atoms with van der Waals surface area (Å²) >= 11 is 0. The molecule has 0 aliphatic rings. The van der Waals surface area contributed by atoms with Crippen molar-refractivity contribution in [3.05, 3.63) is 59.7 Å². The third-order valence-corrected chi connectivity index (χ3v) is 3.35. The number of anilines is 2. The minimum atomic E-state index is -0.221. The van der Waals surface area contributed by atoms with E-state index in [4.69, 9.17) is 0 Å². The summed E-state index contributed by atoms with van der Waals surface area (Å²) in [6, 6.07) is 15.3. The zero-order chi connectivity index (χ0) is 15.5. The maximum absolute atomic E-state index is 12.2. The topological polar surface area (TPSA) is 41.1 Å². The van der Waals surface area contributed by atoms with Crippen molar-refractivity contribution in [2.45, 2.75) is 33.1 Å². The Morgan fingerprint density at radius 2 is 1.57 bits per heavy atom. The maximum Gasteiger partial charge on any atom is 0.323 e. The molecule has 0 aliphatic heterocycles. The summed E-state index contributed by atoms with van der Waals surface area (Å²) in [4.78, 5) is 12.2. The molecule has 0 radical (unpaired) electrons. The molecule has 0 aromatic heterocycles. The van der Waals surface area contributed by atoms with Crippen LogP contribution in [0.1, 0.15) is 31.9 Å². The van der Waals surface area contributed by atoms with Crippen molar-refractivity contribution in [1.29, 1.82) is 0 Å². The van der Waals surface area contributed by atoms with E-state index in [0.717, 1.165) is 22.5 Å². The average molecular weight is 282 g/mol. The molecule has 0 fully saturated rings. The molecule has 2 aromatic rings. The van der Waals surface area contributed by atoms with Crippen molar-refractivity contribution in [1.82, 2.24) is 0 Å². The predicted molar refractivity (Wildman–Crippen MR) is 89.0 cm³/mol. The lowest BCUT2D eigenvalue weighted by atomic mass is 9.84. The molecule has 0 saturated carbocycles. The van der Waals surface area contributed by atoms with Gasteiger partial charge in [-0.05, 0) is 35.6 Å². The van der Waals surface area contributed by atoms with E-state index in [-0.39, 0.29) is 11.4 Å². The average Bonchev–Trinajstić information content (AvgIpc) is 2.41. The predicted octanol–water partition coefficient (Wildman–Crippen LogP) is 4.94. The van der Waals surface area contributed by atoms with Gasteiger partial charge >= 0.3 is 6.03 Å². The lowest BCUT2D eigenvalue weighted by Gasteiger charge is -2.24. The van der Waals surface area contributed by atoms with Gasteiger partial charge in [0.1, 0.15) is 0 Å². The van der Waals surface area contributed by atoms with Crippen molar-refractivity contribution in [2.75, 3.05) is 10.6 Å². The lowest BCUT2D eigenvalue weighted by molar-refractivity contribution is 0.262. The van der Waals surface area contributed by atoms with Gasteiger partial charge in [0.25, 0.3) is 0 Å². The minimum Gasteiger partial charge on any atom is -0.308 e. The van der Waals surface area contributed by atoms with Crippen LogP contribution in [0.15, 0.2) is 48.5 Å². The first-order valence-electron chi connectivity index (χ1n) is 7.11. The molecule has 2 N–H and O–H groups in total. The second-order valence-corrected chi connectivity index (χ2v) is 6.19. The number of amides is 2. The summed E-state index contributed by atoms with van der Waals surface area (Å²) in [5, 5.41) is 5.83. The molecule has 110 valence electrons. The second-order valence-electron chi connectivity index (χ2n) is 6.19. The molecule has 2 rings (SSSR count). The largest absolute Gasteiger partial charge is 0.323 e. The first-order chi connectivity index (χ1) is 9.88. The van der Waals surface area contributed by atoms with Crippen molar-refractivity contribution in [3.8, 4) is 0 Å². The number of urea groups is 1. The highest BCUT2D eigenvalue weighted by molar-refractivity contribution is 6.00. The van der Waals surface area contributed by atoms with E-state index in [0.29, 0.717) is 0 Å². The molecule has 0 saturated heterocycles. The number of nitrogens with one attached hydrogen (secondary N) is 2. The summed E-state index contributed by atoms with van der Waals surface area (Å²) in [6.45, 7) is 8.43. The van der Waals surface area contributed by atoms with Gasteiger partial charge in [0.15, 0.2) is 0 Å². The fourth-order valence-corrected chi connectivity index (χ4v) is 2.26. The highest BCUT2D eigenvalue weighted by Gasteiger charge is 2.20. The normalized spacial score (nSPS) is 11.0. The molecular formula is C18H22N2O. The Labute approximate surface area is 126 Å². The monoisotopic (exact) mass is 282 g/mol.